The number of hydrogen-bond acceptors (Lipinski definition) is 2. The summed E-state index contributed by atoms with van der Waals surface area (Å²) < 4.78 is 5.81. The Hall–Kier alpha value is -1.15. The van der Waals surface area contributed by atoms with Crippen molar-refractivity contribution in [2.24, 2.45) is 11.8 Å². The van der Waals surface area contributed by atoms with Crippen LogP contribution < -0.4 is 0 Å². The Bertz CT molecular complexity index is 481. The molecule has 0 aromatic heterocycles. The first-order chi connectivity index (χ1) is 8.82. The van der Waals surface area contributed by atoms with Gasteiger partial charge in [-0.05, 0) is 51.7 Å². The average molecular weight is 260 g/mol. The summed E-state index contributed by atoms with van der Waals surface area (Å²) in [5.74, 6) is 0.511. The van der Waals surface area contributed by atoms with Crippen LogP contribution in [0.1, 0.15) is 47.8 Å². The summed E-state index contributed by atoms with van der Waals surface area (Å²) in [6, 6.07) is 4.18. The lowest BCUT2D eigenvalue weighted by Gasteiger charge is -2.20. The molecule has 104 valence electrons. The Morgan fingerprint density at radius 2 is 1.53 bits per heavy atom. The fraction of sp³-hybridized carbons (Fsp3) is 0.588. The number of Topliss-reactive ketones (excluding diaryl/α,β-unsaturated/α-hetero) is 1. The third kappa shape index (κ3) is 2.46. The lowest BCUT2D eigenvalue weighted by atomic mass is 9.81. The maximum Gasteiger partial charge on any atom is 0.169 e. The topological polar surface area (TPSA) is 26.3 Å². The summed E-state index contributed by atoms with van der Waals surface area (Å²) in [6.45, 7) is 12.3. The molecule has 1 aliphatic rings. The van der Waals surface area contributed by atoms with Crippen LogP contribution >= 0.6 is 0 Å². The van der Waals surface area contributed by atoms with Crippen molar-refractivity contribution in [3.8, 4) is 0 Å². The van der Waals surface area contributed by atoms with Crippen molar-refractivity contribution in [3.63, 3.8) is 0 Å². The number of carbonyl (C=O) groups is 1. The molecule has 0 N–H and O–H groups in total. The van der Waals surface area contributed by atoms with Crippen LogP contribution in [-0.4, -0.2) is 18.0 Å². The van der Waals surface area contributed by atoms with Gasteiger partial charge < -0.3 is 4.74 Å². The number of ketones is 1. The van der Waals surface area contributed by atoms with E-state index in [0.717, 1.165) is 16.7 Å². The van der Waals surface area contributed by atoms with Gasteiger partial charge in [0.05, 0.1) is 18.1 Å². The second-order valence-corrected chi connectivity index (χ2v) is 6.07. The van der Waals surface area contributed by atoms with E-state index in [-0.39, 0.29) is 29.8 Å². The van der Waals surface area contributed by atoms with Gasteiger partial charge in [-0.3, -0.25) is 4.79 Å². The lowest BCUT2D eigenvalue weighted by molar-refractivity contribution is 0.0491. The van der Waals surface area contributed by atoms with E-state index in [2.05, 4.69) is 32.9 Å². The smallest absolute Gasteiger partial charge is 0.169 e. The highest BCUT2D eigenvalue weighted by atomic mass is 16.5. The van der Waals surface area contributed by atoms with Crippen LogP contribution in [0.2, 0.25) is 0 Å². The van der Waals surface area contributed by atoms with Crippen LogP contribution in [0.5, 0.6) is 0 Å². The number of benzene rings is 1. The van der Waals surface area contributed by atoms with E-state index in [9.17, 15) is 4.79 Å². The largest absolute Gasteiger partial charge is 0.374 e. The number of rotatable bonds is 2. The number of carbonyl (C=O) groups excluding carboxylic acids is 1. The van der Waals surface area contributed by atoms with E-state index in [4.69, 9.17) is 4.74 Å². The van der Waals surface area contributed by atoms with Gasteiger partial charge in [-0.25, -0.2) is 0 Å². The molecule has 1 fully saturated rings. The Morgan fingerprint density at radius 1 is 1.00 bits per heavy atom. The maximum absolute atomic E-state index is 12.9. The van der Waals surface area contributed by atoms with E-state index < -0.39 is 0 Å². The lowest BCUT2D eigenvalue weighted by Crippen LogP contribution is -2.28. The van der Waals surface area contributed by atoms with Crippen LogP contribution in [-0.2, 0) is 4.74 Å². The van der Waals surface area contributed by atoms with Gasteiger partial charge in [0.2, 0.25) is 0 Å². The summed E-state index contributed by atoms with van der Waals surface area (Å²) in [7, 11) is 0. The summed E-state index contributed by atoms with van der Waals surface area (Å²) in [6.07, 6.45) is 0.174. The molecule has 0 aliphatic carbocycles. The van der Waals surface area contributed by atoms with Gasteiger partial charge in [0, 0.05) is 5.56 Å². The molecule has 2 rings (SSSR count). The molecule has 0 saturated carbocycles. The Labute approximate surface area is 116 Å². The zero-order valence-electron chi connectivity index (χ0n) is 12.8. The molecule has 0 bridgehead atoms. The van der Waals surface area contributed by atoms with Crippen molar-refractivity contribution in [2.75, 3.05) is 0 Å². The molecule has 4 atom stereocenters. The van der Waals surface area contributed by atoms with Crippen LogP contribution in [0.3, 0.4) is 0 Å². The van der Waals surface area contributed by atoms with E-state index in [1.54, 1.807) is 0 Å². The first-order valence-electron chi connectivity index (χ1n) is 7.10. The Morgan fingerprint density at radius 3 is 1.95 bits per heavy atom. The Kier molecular flexibility index (Phi) is 3.82. The van der Waals surface area contributed by atoms with Crippen LogP contribution in [0.25, 0.3) is 0 Å². The van der Waals surface area contributed by atoms with E-state index >= 15 is 0 Å². The first-order valence-corrected chi connectivity index (χ1v) is 7.10. The second kappa shape index (κ2) is 5.09. The predicted octanol–water partition coefficient (Wildman–Crippen LogP) is 3.85. The summed E-state index contributed by atoms with van der Waals surface area (Å²) in [5, 5.41) is 0. The molecule has 1 aromatic carbocycles. The monoisotopic (exact) mass is 260 g/mol. The zero-order chi connectivity index (χ0) is 14.3. The van der Waals surface area contributed by atoms with Crippen LogP contribution in [0, 0.1) is 32.6 Å². The number of hydrogen-bond donors (Lipinski definition) is 0. The van der Waals surface area contributed by atoms with Crippen LogP contribution in [0.15, 0.2) is 12.1 Å². The normalized spacial score (nSPS) is 30.6. The molecule has 0 spiro atoms. The summed E-state index contributed by atoms with van der Waals surface area (Å²) in [5.41, 5.74) is 4.28. The Balaban J connectivity index is 2.40. The predicted molar refractivity (Wildman–Crippen MR) is 77.6 cm³/mol. The third-order valence-electron chi connectivity index (χ3n) is 4.47. The van der Waals surface area contributed by atoms with Crippen molar-refractivity contribution in [2.45, 2.75) is 53.8 Å². The number of aryl methyl sites for hydroxylation is 3. The van der Waals surface area contributed by atoms with E-state index in [0.29, 0.717) is 0 Å². The van der Waals surface area contributed by atoms with Crippen molar-refractivity contribution in [3.05, 3.63) is 34.4 Å². The molecule has 0 amide bonds. The summed E-state index contributed by atoms with van der Waals surface area (Å²) >= 11 is 0. The summed E-state index contributed by atoms with van der Waals surface area (Å²) in [4.78, 5) is 12.9. The zero-order valence-corrected chi connectivity index (χ0v) is 12.8. The highest BCUT2D eigenvalue weighted by Crippen LogP contribution is 2.35. The molecule has 1 aromatic rings. The van der Waals surface area contributed by atoms with E-state index in [1.807, 2.05) is 20.8 Å². The molecule has 2 heteroatoms. The van der Waals surface area contributed by atoms with Crippen molar-refractivity contribution in [1.29, 1.82) is 0 Å². The van der Waals surface area contributed by atoms with Gasteiger partial charge >= 0.3 is 0 Å². The molecule has 4 unspecified atom stereocenters. The molecular weight excluding hydrogens is 236 g/mol. The SMILES string of the molecule is Cc1cc(C)c(C(=O)C2C(C)OC(C)C2C)c(C)c1. The third-order valence-corrected chi connectivity index (χ3v) is 4.47. The number of ether oxygens (including phenoxy) is 1. The fourth-order valence-electron chi connectivity index (χ4n) is 3.45. The van der Waals surface area contributed by atoms with E-state index in [1.165, 1.54) is 5.56 Å². The van der Waals surface area contributed by atoms with Gasteiger partial charge in [0.1, 0.15) is 0 Å². The van der Waals surface area contributed by atoms with Crippen LogP contribution in [0.4, 0.5) is 0 Å². The highest BCUT2D eigenvalue weighted by Gasteiger charge is 2.42. The molecule has 0 radical (unpaired) electrons. The minimum atomic E-state index is -0.0184. The van der Waals surface area contributed by atoms with Crippen molar-refractivity contribution >= 4 is 5.78 Å². The molecule has 1 aliphatic heterocycles. The van der Waals surface area contributed by atoms with Gasteiger partial charge in [-0.1, -0.05) is 24.6 Å². The van der Waals surface area contributed by atoms with Gasteiger partial charge in [0.15, 0.2) is 5.78 Å². The average Bonchev–Trinajstić information content (AvgIpc) is 2.51. The van der Waals surface area contributed by atoms with Gasteiger partial charge in [-0.2, -0.15) is 0 Å². The van der Waals surface area contributed by atoms with Gasteiger partial charge in [0.25, 0.3) is 0 Å². The first kappa shape index (κ1) is 14.3. The molecule has 1 heterocycles. The quantitative estimate of drug-likeness (QED) is 0.755. The van der Waals surface area contributed by atoms with Gasteiger partial charge in [-0.15, -0.1) is 0 Å². The second-order valence-electron chi connectivity index (χ2n) is 6.07. The highest BCUT2D eigenvalue weighted by molar-refractivity contribution is 6.01. The van der Waals surface area contributed by atoms with Crippen molar-refractivity contribution in [1.82, 2.24) is 0 Å². The molecule has 1 saturated heterocycles. The maximum atomic E-state index is 12.9. The molecule has 2 nitrogen and oxygen atoms in total. The standard InChI is InChI=1S/C17H24O2/c1-9-7-10(2)15(11(3)8-9)17(18)16-12(4)13(5)19-14(16)6/h7-8,12-14,16H,1-6H3. The molecule has 19 heavy (non-hydrogen) atoms. The van der Waals surface area contributed by atoms with Crippen molar-refractivity contribution < 1.29 is 9.53 Å². The molecular formula is C17H24O2. The minimum absolute atomic E-state index is 0.0117. The fourth-order valence-corrected chi connectivity index (χ4v) is 3.45. The minimum Gasteiger partial charge on any atom is -0.374 e.